The van der Waals surface area contributed by atoms with Crippen molar-refractivity contribution < 1.29 is 13.2 Å². The number of amides is 1. The van der Waals surface area contributed by atoms with Crippen molar-refractivity contribution in [2.45, 2.75) is 25.9 Å². The minimum atomic E-state index is -2.97. The lowest BCUT2D eigenvalue weighted by Crippen LogP contribution is -2.25. The van der Waals surface area contributed by atoms with E-state index in [2.05, 4.69) is 20.6 Å². The molecule has 2 aromatic rings. The highest BCUT2D eigenvalue weighted by atomic mass is 32.2. The van der Waals surface area contributed by atoms with Crippen molar-refractivity contribution >= 4 is 21.6 Å². The largest absolute Gasteiger partial charge is 0.366 e. The number of carbonyl (C=O) groups excluding carboxylic acids is 1. The SMILES string of the molecule is Cc1cccc(CNC(=O)c2cc(NC3CCS(=O)(=O)C3)ncn2)c1. The van der Waals surface area contributed by atoms with Crippen molar-refractivity contribution in [2.24, 2.45) is 0 Å². The van der Waals surface area contributed by atoms with E-state index in [0.29, 0.717) is 18.8 Å². The summed E-state index contributed by atoms with van der Waals surface area (Å²) >= 11 is 0. The summed E-state index contributed by atoms with van der Waals surface area (Å²) in [6.45, 7) is 2.41. The van der Waals surface area contributed by atoms with Gasteiger partial charge in [-0.25, -0.2) is 18.4 Å². The minimum absolute atomic E-state index is 0.0892. The first-order valence-corrected chi connectivity index (χ1v) is 9.86. The maximum atomic E-state index is 12.3. The first-order chi connectivity index (χ1) is 11.9. The molecule has 1 saturated heterocycles. The molecule has 0 spiro atoms. The Morgan fingerprint density at radius 3 is 2.84 bits per heavy atom. The van der Waals surface area contributed by atoms with Gasteiger partial charge in [0.25, 0.3) is 5.91 Å². The molecule has 0 saturated carbocycles. The van der Waals surface area contributed by atoms with Gasteiger partial charge in [-0.3, -0.25) is 4.79 Å². The molecule has 2 N–H and O–H groups in total. The predicted octanol–water partition coefficient (Wildman–Crippen LogP) is 1.31. The summed E-state index contributed by atoms with van der Waals surface area (Å²) in [4.78, 5) is 20.3. The Kier molecular flexibility index (Phi) is 4.98. The molecule has 0 aliphatic carbocycles. The van der Waals surface area contributed by atoms with E-state index < -0.39 is 9.84 Å². The van der Waals surface area contributed by atoms with Gasteiger partial charge in [0.15, 0.2) is 9.84 Å². The lowest BCUT2D eigenvalue weighted by Gasteiger charge is -2.12. The normalized spacial score (nSPS) is 18.7. The van der Waals surface area contributed by atoms with Crippen molar-refractivity contribution in [3.05, 3.63) is 53.5 Å². The van der Waals surface area contributed by atoms with Crippen LogP contribution in [0.1, 0.15) is 28.0 Å². The van der Waals surface area contributed by atoms with Gasteiger partial charge in [0, 0.05) is 18.7 Å². The third-order valence-corrected chi connectivity index (χ3v) is 5.79. The second-order valence-electron chi connectivity index (χ2n) is 6.20. The Labute approximate surface area is 146 Å². The van der Waals surface area contributed by atoms with Gasteiger partial charge in [0.2, 0.25) is 0 Å². The first-order valence-electron chi connectivity index (χ1n) is 8.04. The van der Waals surface area contributed by atoms with E-state index in [-0.39, 0.29) is 29.1 Å². The van der Waals surface area contributed by atoms with Gasteiger partial charge in [-0.05, 0) is 18.9 Å². The maximum absolute atomic E-state index is 12.3. The number of aromatic nitrogens is 2. The van der Waals surface area contributed by atoms with E-state index in [1.165, 1.54) is 12.4 Å². The van der Waals surface area contributed by atoms with E-state index in [1.807, 2.05) is 31.2 Å². The molecular formula is C17H20N4O3S. The van der Waals surface area contributed by atoms with E-state index in [4.69, 9.17) is 0 Å². The number of sulfone groups is 1. The number of rotatable bonds is 5. The van der Waals surface area contributed by atoms with Crippen molar-refractivity contribution in [1.29, 1.82) is 0 Å². The summed E-state index contributed by atoms with van der Waals surface area (Å²) < 4.78 is 23.0. The van der Waals surface area contributed by atoms with Crippen LogP contribution in [0.25, 0.3) is 0 Å². The molecular weight excluding hydrogens is 340 g/mol. The van der Waals surface area contributed by atoms with Crippen LogP contribution in [0.15, 0.2) is 36.7 Å². The molecule has 1 aliphatic rings. The standard InChI is InChI=1S/C17H20N4O3S/c1-12-3-2-4-13(7-12)9-18-17(22)15-8-16(20-11-19-15)21-14-5-6-25(23,24)10-14/h2-4,7-8,11,14H,5-6,9-10H2,1H3,(H,18,22)(H,19,20,21). The zero-order valence-corrected chi connectivity index (χ0v) is 14.7. The highest BCUT2D eigenvalue weighted by Crippen LogP contribution is 2.16. The molecule has 3 rings (SSSR count). The summed E-state index contributed by atoms with van der Waals surface area (Å²) in [6, 6.07) is 9.25. The van der Waals surface area contributed by atoms with Gasteiger partial charge in [0.05, 0.1) is 11.5 Å². The number of carbonyl (C=O) groups is 1. The molecule has 0 bridgehead atoms. The topological polar surface area (TPSA) is 101 Å². The second kappa shape index (κ2) is 7.18. The molecule has 2 heterocycles. The highest BCUT2D eigenvalue weighted by molar-refractivity contribution is 7.91. The van der Waals surface area contributed by atoms with Crippen LogP contribution < -0.4 is 10.6 Å². The van der Waals surface area contributed by atoms with Crippen LogP contribution in [0.3, 0.4) is 0 Å². The molecule has 1 atom stereocenters. The molecule has 8 heteroatoms. The molecule has 1 fully saturated rings. The zero-order chi connectivity index (χ0) is 17.9. The van der Waals surface area contributed by atoms with Crippen molar-refractivity contribution in [2.75, 3.05) is 16.8 Å². The number of hydrogen-bond donors (Lipinski definition) is 2. The molecule has 0 radical (unpaired) electrons. The van der Waals surface area contributed by atoms with Crippen LogP contribution in [0.2, 0.25) is 0 Å². The van der Waals surface area contributed by atoms with E-state index in [1.54, 1.807) is 0 Å². The Balaban J connectivity index is 1.61. The molecule has 7 nitrogen and oxygen atoms in total. The molecule has 1 aromatic heterocycles. The summed E-state index contributed by atoms with van der Waals surface area (Å²) in [6.07, 6.45) is 1.84. The number of nitrogens with one attached hydrogen (secondary N) is 2. The van der Waals surface area contributed by atoms with Crippen LogP contribution in [0, 0.1) is 6.92 Å². The fourth-order valence-electron chi connectivity index (χ4n) is 2.77. The highest BCUT2D eigenvalue weighted by Gasteiger charge is 2.28. The number of hydrogen-bond acceptors (Lipinski definition) is 6. The van der Waals surface area contributed by atoms with E-state index in [0.717, 1.165) is 11.1 Å². The number of aryl methyl sites for hydroxylation is 1. The lowest BCUT2D eigenvalue weighted by atomic mass is 10.1. The Morgan fingerprint density at radius 1 is 1.28 bits per heavy atom. The number of nitrogens with zero attached hydrogens (tertiary/aromatic N) is 2. The zero-order valence-electron chi connectivity index (χ0n) is 13.9. The smallest absolute Gasteiger partial charge is 0.270 e. The molecule has 1 amide bonds. The fourth-order valence-corrected chi connectivity index (χ4v) is 4.45. The third-order valence-electron chi connectivity index (χ3n) is 4.02. The van der Waals surface area contributed by atoms with Gasteiger partial charge in [-0.1, -0.05) is 29.8 Å². The Morgan fingerprint density at radius 2 is 2.12 bits per heavy atom. The van der Waals surface area contributed by atoms with Gasteiger partial charge in [-0.2, -0.15) is 0 Å². The molecule has 1 unspecified atom stereocenters. The van der Waals surface area contributed by atoms with Gasteiger partial charge in [-0.15, -0.1) is 0 Å². The predicted molar refractivity (Wildman–Crippen MR) is 95.1 cm³/mol. The van der Waals surface area contributed by atoms with Crippen LogP contribution in [-0.2, 0) is 16.4 Å². The second-order valence-corrected chi connectivity index (χ2v) is 8.43. The van der Waals surface area contributed by atoms with Crippen LogP contribution in [-0.4, -0.2) is 41.8 Å². The average Bonchev–Trinajstić information content (AvgIpc) is 2.91. The third kappa shape index (κ3) is 4.76. The Bertz CT molecular complexity index is 883. The number of benzene rings is 1. The van der Waals surface area contributed by atoms with Gasteiger partial charge in [0.1, 0.15) is 17.8 Å². The van der Waals surface area contributed by atoms with Crippen LogP contribution in [0.4, 0.5) is 5.82 Å². The van der Waals surface area contributed by atoms with E-state index in [9.17, 15) is 13.2 Å². The van der Waals surface area contributed by atoms with Crippen LogP contribution in [0.5, 0.6) is 0 Å². The lowest BCUT2D eigenvalue weighted by molar-refractivity contribution is 0.0945. The monoisotopic (exact) mass is 360 g/mol. The molecule has 25 heavy (non-hydrogen) atoms. The van der Waals surface area contributed by atoms with Gasteiger partial charge >= 0.3 is 0 Å². The summed E-state index contributed by atoms with van der Waals surface area (Å²) in [5.41, 5.74) is 2.38. The quantitative estimate of drug-likeness (QED) is 0.834. The summed E-state index contributed by atoms with van der Waals surface area (Å²) in [7, 11) is -2.97. The summed E-state index contributed by atoms with van der Waals surface area (Å²) in [5, 5.41) is 5.89. The molecule has 1 aromatic carbocycles. The first kappa shape index (κ1) is 17.3. The Hall–Kier alpha value is -2.48. The number of anilines is 1. The minimum Gasteiger partial charge on any atom is -0.366 e. The summed E-state index contributed by atoms with van der Waals surface area (Å²) in [5.74, 6) is 0.426. The van der Waals surface area contributed by atoms with Crippen LogP contribution >= 0.6 is 0 Å². The van der Waals surface area contributed by atoms with Crippen molar-refractivity contribution in [3.63, 3.8) is 0 Å². The van der Waals surface area contributed by atoms with Crippen molar-refractivity contribution in [3.8, 4) is 0 Å². The average molecular weight is 360 g/mol. The van der Waals surface area contributed by atoms with E-state index >= 15 is 0 Å². The maximum Gasteiger partial charge on any atom is 0.270 e. The molecule has 132 valence electrons. The van der Waals surface area contributed by atoms with Gasteiger partial charge < -0.3 is 10.6 Å². The fraction of sp³-hybridized carbons (Fsp3) is 0.353. The molecule has 1 aliphatic heterocycles. The van der Waals surface area contributed by atoms with Crippen molar-refractivity contribution in [1.82, 2.24) is 15.3 Å².